The monoisotopic (exact) mass is 383 g/mol. The maximum atomic E-state index is 12.1. The maximum Gasteiger partial charge on any atom is 0.157 e. The first-order valence-corrected chi connectivity index (χ1v) is 10.1. The van der Waals surface area contributed by atoms with Crippen molar-refractivity contribution in [3.05, 3.63) is 63.7 Å². The summed E-state index contributed by atoms with van der Waals surface area (Å²) < 4.78 is 0. The normalized spacial score (nSPS) is 17.7. The number of hydrogen-bond acceptors (Lipinski definition) is 4. The zero-order chi connectivity index (χ0) is 18.8. The minimum absolute atomic E-state index is 0.174. The molecule has 1 atom stereocenters. The van der Waals surface area contributed by atoms with Crippen LogP contribution < -0.4 is 16.4 Å². The van der Waals surface area contributed by atoms with Crippen molar-refractivity contribution in [3.8, 4) is 0 Å². The van der Waals surface area contributed by atoms with Crippen LogP contribution >= 0.6 is 11.6 Å². The van der Waals surface area contributed by atoms with E-state index in [-0.39, 0.29) is 11.7 Å². The van der Waals surface area contributed by atoms with Gasteiger partial charge in [-0.2, -0.15) is 0 Å². The summed E-state index contributed by atoms with van der Waals surface area (Å²) >= 11 is 6.48. The van der Waals surface area contributed by atoms with Crippen molar-refractivity contribution in [3.63, 3.8) is 0 Å². The van der Waals surface area contributed by atoms with Gasteiger partial charge in [-0.15, -0.1) is 0 Å². The topological polar surface area (TPSA) is 67.2 Å². The van der Waals surface area contributed by atoms with E-state index in [1.54, 1.807) is 0 Å². The Morgan fingerprint density at radius 1 is 1.15 bits per heavy atom. The number of halogens is 1. The quantitative estimate of drug-likeness (QED) is 0.712. The molecule has 2 aliphatic rings. The van der Waals surface area contributed by atoms with Gasteiger partial charge in [-0.1, -0.05) is 41.9 Å². The Bertz CT molecular complexity index is 830. The highest BCUT2D eigenvalue weighted by Crippen LogP contribution is 2.34. The predicted octanol–water partition coefficient (Wildman–Crippen LogP) is 3.62. The van der Waals surface area contributed by atoms with Crippen LogP contribution in [0.3, 0.4) is 0 Å². The van der Waals surface area contributed by atoms with E-state index in [1.165, 1.54) is 11.1 Å². The zero-order valence-electron chi connectivity index (χ0n) is 15.4. The number of rotatable bonds is 6. The van der Waals surface area contributed by atoms with Crippen molar-refractivity contribution in [2.45, 2.75) is 38.3 Å². The van der Waals surface area contributed by atoms with Crippen LogP contribution in [0.25, 0.3) is 0 Å². The number of anilines is 1. The highest BCUT2D eigenvalue weighted by atomic mass is 35.5. The van der Waals surface area contributed by atoms with Crippen molar-refractivity contribution < 1.29 is 4.79 Å². The average molecular weight is 384 g/mol. The highest BCUT2D eigenvalue weighted by Gasteiger charge is 2.33. The van der Waals surface area contributed by atoms with Crippen LogP contribution in [0, 0.1) is 5.92 Å². The molecule has 4 nitrogen and oxygen atoms in total. The van der Waals surface area contributed by atoms with E-state index >= 15 is 0 Å². The highest BCUT2D eigenvalue weighted by molar-refractivity contribution is 6.33. The molecule has 1 heterocycles. The molecule has 2 aromatic carbocycles. The Balaban J connectivity index is 1.45. The number of nitrogens with one attached hydrogen (secondary N) is 2. The molecule has 0 saturated heterocycles. The summed E-state index contributed by atoms with van der Waals surface area (Å²) in [5, 5.41) is 7.74. The predicted molar refractivity (Wildman–Crippen MR) is 110 cm³/mol. The minimum Gasteiger partial charge on any atom is -0.380 e. The number of carbonyl (C=O) groups is 1. The number of nitrogens with two attached hydrogens (primary N) is 1. The zero-order valence-corrected chi connectivity index (χ0v) is 16.2. The number of hydrogen-bond donors (Lipinski definition) is 3. The Morgan fingerprint density at radius 2 is 1.89 bits per heavy atom. The van der Waals surface area contributed by atoms with E-state index in [0.29, 0.717) is 6.54 Å². The number of carbonyl (C=O) groups excluding carboxylic acids is 1. The van der Waals surface area contributed by atoms with E-state index < -0.39 is 6.04 Å². The van der Waals surface area contributed by atoms with Gasteiger partial charge in [-0.25, -0.2) is 0 Å². The molecule has 0 bridgehead atoms. The largest absolute Gasteiger partial charge is 0.380 e. The molecule has 27 heavy (non-hydrogen) atoms. The van der Waals surface area contributed by atoms with Gasteiger partial charge in [0.05, 0.1) is 16.8 Å². The first-order chi connectivity index (χ1) is 13.1. The molecule has 0 amide bonds. The third-order valence-electron chi connectivity index (χ3n) is 5.58. The molecule has 2 aromatic rings. The molecule has 4 N–H and O–H groups in total. The van der Waals surface area contributed by atoms with Crippen LogP contribution in [0.2, 0.25) is 5.02 Å². The first-order valence-electron chi connectivity index (χ1n) is 9.76. The van der Waals surface area contributed by atoms with Crippen LogP contribution in [0.1, 0.15) is 41.1 Å². The van der Waals surface area contributed by atoms with E-state index in [1.807, 2.05) is 30.3 Å². The van der Waals surface area contributed by atoms with Crippen LogP contribution in [-0.2, 0) is 24.2 Å². The lowest BCUT2D eigenvalue weighted by atomic mass is 9.99. The van der Waals surface area contributed by atoms with Crippen LogP contribution in [0.4, 0.5) is 5.69 Å². The lowest BCUT2D eigenvalue weighted by Gasteiger charge is -2.17. The van der Waals surface area contributed by atoms with Crippen molar-refractivity contribution in [1.82, 2.24) is 5.32 Å². The van der Waals surface area contributed by atoms with E-state index in [9.17, 15) is 4.79 Å². The molecule has 1 aliphatic carbocycles. The Morgan fingerprint density at radius 3 is 2.63 bits per heavy atom. The van der Waals surface area contributed by atoms with Crippen molar-refractivity contribution >= 4 is 23.1 Å². The van der Waals surface area contributed by atoms with Gasteiger partial charge in [0.25, 0.3) is 0 Å². The second kappa shape index (κ2) is 8.01. The average Bonchev–Trinajstić information content (AvgIpc) is 3.53. The number of fused-ring (bicyclic) bond motifs is 1. The molecule has 1 aliphatic heterocycles. The van der Waals surface area contributed by atoms with Crippen LogP contribution in [0.15, 0.2) is 36.4 Å². The summed E-state index contributed by atoms with van der Waals surface area (Å²) in [6.07, 6.45) is 4.00. The lowest BCUT2D eigenvalue weighted by molar-refractivity contribution is -0.121. The van der Waals surface area contributed by atoms with Gasteiger partial charge in [-0.05, 0) is 67.1 Å². The summed E-state index contributed by atoms with van der Waals surface area (Å²) in [4.78, 5) is 12.1. The third-order valence-corrected chi connectivity index (χ3v) is 5.89. The smallest absolute Gasteiger partial charge is 0.157 e. The van der Waals surface area contributed by atoms with Crippen LogP contribution in [-0.4, -0.2) is 18.9 Å². The van der Waals surface area contributed by atoms with Gasteiger partial charge in [0, 0.05) is 12.5 Å². The molecule has 0 radical (unpaired) electrons. The molecule has 4 rings (SSSR count). The van der Waals surface area contributed by atoms with E-state index in [2.05, 4.69) is 16.7 Å². The fraction of sp³-hybridized carbons (Fsp3) is 0.409. The van der Waals surface area contributed by atoms with Gasteiger partial charge in [0.15, 0.2) is 5.78 Å². The van der Waals surface area contributed by atoms with Gasteiger partial charge < -0.3 is 16.4 Å². The second-order valence-electron chi connectivity index (χ2n) is 7.56. The third kappa shape index (κ3) is 4.18. The molecular formula is C22H26ClN3O. The van der Waals surface area contributed by atoms with Crippen molar-refractivity contribution in [2.24, 2.45) is 11.7 Å². The summed E-state index contributed by atoms with van der Waals surface area (Å²) in [7, 11) is 0. The standard InChI is InChI=1S/C22H26ClN3O/c23-19-8-7-15-9-11-25-12-10-18(15)21(19)26-13-14-1-3-16(4-2-14)20(24)22(27)17-5-6-17/h1-4,7-8,17,20,25-26H,5-6,9-13,24H2. The minimum atomic E-state index is -0.494. The number of ketones is 1. The summed E-state index contributed by atoms with van der Waals surface area (Å²) in [5.41, 5.74) is 11.9. The van der Waals surface area contributed by atoms with Gasteiger partial charge in [0.1, 0.15) is 0 Å². The molecule has 1 saturated carbocycles. The van der Waals surface area contributed by atoms with Crippen molar-refractivity contribution in [2.75, 3.05) is 18.4 Å². The van der Waals surface area contributed by atoms with Gasteiger partial charge in [-0.3, -0.25) is 4.79 Å². The lowest BCUT2D eigenvalue weighted by Crippen LogP contribution is -2.22. The Kier molecular flexibility index (Phi) is 5.48. The summed E-state index contributed by atoms with van der Waals surface area (Å²) in [5.74, 6) is 0.361. The Labute approximate surface area is 165 Å². The molecular weight excluding hydrogens is 358 g/mol. The van der Waals surface area contributed by atoms with Gasteiger partial charge >= 0.3 is 0 Å². The van der Waals surface area contributed by atoms with E-state index in [4.69, 9.17) is 17.3 Å². The summed E-state index contributed by atoms with van der Waals surface area (Å²) in [6, 6.07) is 11.7. The fourth-order valence-electron chi connectivity index (χ4n) is 3.75. The number of Topliss-reactive ketones (excluding diaryl/α,β-unsaturated/α-hetero) is 1. The first kappa shape index (κ1) is 18.5. The molecule has 1 fully saturated rings. The summed E-state index contributed by atoms with van der Waals surface area (Å²) in [6.45, 7) is 2.68. The molecule has 5 heteroatoms. The Hall–Kier alpha value is -1.88. The van der Waals surface area contributed by atoms with Crippen molar-refractivity contribution in [1.29, 1.82) is 0 Å². The molecule has 142 valence electrons. The fourth-order valence-corrected chi connectivity index (χ4v) is 4.00. The van der Waals surface area contributed by atoms with Gasteiger partial charge in [0.2, 0.25) is 0 Å². The maximum absolute atomic E-state index is 12.1. The van der Waals surface area contributed by atoms with Crippen LogP contribution in [0.5, 0.6) is 0 Å². The SMILES string of the molecule is NC(C(=O)C1CC1)c1ccc(CNc2c(Cl)ccc3c2CCNCC3)cc1. The number of benzene rings is 2. The second-order valence-corrected chi connectivity index (χ2v) is 7.97. The molecule has 0 aromatic heterocycles. The van der Waals surface area contributed by atoms with E-state index in [0.717, 1.165) is 60.6 Å². The molecule has 0 spiro atoms. The molecule has 1 unspecified atom stereocenters.